The molecule has 0 unspecified atom stereocenters. The number of fused-ring (bicyclic) bond motifs is 1. The molecule has 0 saturated heterocycles. The SMILES string of the molecule is CN(N=Cc1ccc2ccccc2c1)c1ccccc1. The van der Waals surface area contributed by atoms with Gasteiger partial charge in [-0.2, -0.15) is 5.10 Å². The van der Waals surface area contributed by atoms with Crippen LogP contribution in [0.2, 0.25) is 0 Å². The second-order valence-corrected chi connectivity index (χ2v) is 4.71. The maximum Gasteiger partial charge on any atom is 0.0590 e. The first-order valence-electron chi connectivity index (χ1n) is 6.64. The predicted molar refractivity (Wildman–Crippen MR) is 86.4 cm³/mol. The van der Waals surface area contributed by atoms with Crippen LogP contribution in [0.4, 0.5) is 5.69 Å². The summed E-state index contributed by atoms with van der Waals surface area (Å²) in [5.41, 5.74) is 2.18. The minimum absolute atomic E-state index is 1.07. The summed E-state index contributed by atoms with van der Waals surface area (Å²) in [6.45, 7) is 0. The van der Waals surface area contributed by atoms with Crippen molar-refractivity contribution in [1.29, 1.82) is 0 Å². The van der Waals surface area contributed by atoms with E-state index in [0.717, 1.165) is 11.3 Å². The smallest absolute Gasteiger partial charge is 0.0590 e. The van der Waals surface area contributed by atoms with Crippen molar-refractivity contribution in [3.8, 4) is 0 Å². The summed E-state index contributed by atoms with van der Waals surface area (Å²) in [6.07, 6.45) is 1.89. The number of para-hydroxylation sites is 1. The maximum atomic E-state index is 4.48. The molecule has 0 spiro atoms. The minimum Gasteiger partial charge on any atom is -0.269 e. The quantitative estimate of drug-likeness (QED) is 0.506. The molecule has 0 fully saturated rings. The van der Waals surface area contributed by atoms with Crippen molar-refractivity contribution in [3.05, 3.63) is 78.4 Å². The summed E-state index contributed by atoms with van der Waals surface area (Å²) in [5.74, 6) is 0. The van der Waals surface area contributed by atoms with Crippen LogP contribution < -0.4 is 5.01 Å². The van der Waals surface area contributed by atoms with Crippen molar-refractivity contribution in [2.75, 3.05) is 12.1 Å². The van der Waals surface area contributed by atoms with E-state index in [0.29, 0.717) is 0 Å². The Morgan fingerprint density at radius 3 is 2.30 bits per heavy atom. The molecule has 0 aliphatic rings. The molecular formula is C18H16N2. The molecule has 0 saturated carbocycles. The minimum atomic E-state index is 1.07. The van der Waals surface area contributed by atoms with Crippen LogP contribution in [-0.2, 0) is 0 Å². The fourth-order valence-corrected chi connectivity index (χ4v) is 2.15. The van der Waals surface area contributed by atoms with Gasteiger partial charge < -0.3 is 0 Å². The van der Waals surface area contributed by atoms with E-state index in [4.69, 9.17) is 0 Å². The van der Waals surface area contributed by atoms with E-state index >= 15 is 0 Å². The van der Waals surface area contributed by atoms with Gasteiger partial charge in [-0.05, 0) is 34.5 Å². The predicted octanol–water partition coefficient (Wildman–Crippen LogP) is 4.31. The van der Waals surface area contributed by atoms with E-state index in [1.807, 2.05) is 48.6 Å². The Balaban J connectivity index is 1.83. The lowest BCUT2D eigenvalue weighted by molar-refractivity contribution is 1.02. The monoisotopic (exact) mass is 260 g/mol. The van der Waals surface area contributed by atoms with E-state index in [2.05, 4.69) is 47.6 Å². The summed E-state index contributed by atoms with van der Waals surface area (Å²) >= 11 is 0. The van der Waals surface area contributed by atoms with Gasteiger partial charge in [-0.25, -0.2) is 0 Å². The van der Waals surface area contributed by atoms with Crippen LogP contribution in [0.1, 0.15) is 5.56 Å². The molecule has 0 amide bonds. The molecule has 0 bridgehead atoms. The molecule has 0 aliphatic carbocycles. The Kier molecular flexibility index (Phi) is 3.46. The molecule has 3 aromatic carbocycles. The van der Waals surface area contributed by atoms with Crippen LogP contribution in [0.15, 0.2) is 77.9 Å². The first kappa shape index (κ1) is 12.4. The molecule has 0 atom stereocenters. The Morgan fingerprint density at radius 2 is 1.50 bits per heavy atom. The Hall–Kier alpha value is -2.61. The number of rotatable bonds is 3. The third-order valence-electron chi connectivity index (χ3n) is 3.28. The zero-order valence-electron chi connectivity index (χ0n) is 11.4. The van der Waals surface area contributed by atoms with Gasteiger partial charge in [-0.3, -0.25) is 5.01 Å². The van der Waals surface area contributed by atoms with Crippen LogP contribution >= 0.6 is 0 Å². The van der Waals surface area contributed by atoms with Crippen LogP contribution in [0, 0.1) is 0 Å². The van der Waals surface area contributed by atoms with Gasteiger partial charge in [0.25, 0.3) is 0 Å². The summed E-state index contributed by atoms with van der Waals surface area (Å²) in [5, 5.41) is 8.84. The van der Waals surface area contributed by atoms with Gasteiger partial charge in [0.1, 0.15) is 0 Å². The summed E-state index contributed by atoms with van der Waals surface area (Å²) in [6, 6.07) is 24.8. The molecule has 20 heavy (non-hydrogen) atoms. The molecule has 0 heterocycles. The Morgan fingerprint density at radius 1 is 0.800 bits per heavy atom. The molecule has 0 aromatic heterocycles. The van der Waals surface area contributed by atoms with E-state index in [1.165, 1.54) is 10.8 Å². The topological polar surface area (TPSA) is 15.6 Å². The second-order valence-electron chi connectivity index (χ2n) is 4.71. The van der Waals surface area contributed by atoms with Crippen molar-refractivity contribution in [2.24, 2.45) is 5.10 Å². The van der Waals surface area contributed by atoms with E-state index in [-0.39, 0.29) is 0 Å². The number of anilines is 1. The van der Waals surface area contributed by atoms with Crippen molar-refractivity contribution in [2.45, 2.75) is 0 Å². The fourth-order valence-electron chi connectivity index (χ4n) is 2.15. The highest BCUT2D eigenvalue weighted by Gasteiger charge is 1.97. The highest BCUT2D eigenvalue weighted by Crippen LogP contribution is 2.15. The summed E-state index contributed by atoms with van der Waals surface area (Å²) in [4.78, 5) is 0. The van der Waals surface area contributed by atoms with Gasteiger partial charge in [0.2, 0.25) is 0 Å². The van der Waals surface area contributed by atoms with Gasteiger partial charge in [0.15, 0.2) is 0 Å². The largest absolute Gasteiger partial charge is 0.269 e. The standard InChI is InChI=1S/C18H16N2/c1-20(18-9-3-2-4-10-18)19-14-15-11-12-16-7-5-6-8-17(16)13-15/h2-14H,1H3. The maximum absolute atomic E-state index is 4.48. The third-order valence-corrected chi connectivity index (χ3v) is 3.28. The number of hydrazone groups is 1. The fraction of sp³-hybridized carbons (Fsp3) is 0.0556. The van der Waals surface area contributed by atoms with Gasteiger partial charge in [-0.1, -0.05) is 54.6 Å². The molecule has 3 rings (SSSR count). The molecule has 0 N–H and O–H groups in total. The van der Waals surface area contributed by atoms with Crippen molar-refractivity contribution >= 4 is 22.7 Å². The summed E-state index contributed by atoms with van der Waals surface area (Å²) in [7, 11) is 1.95. The van der Waals surface area contributed by atoms with Crippen LogP contribution in [0.5, 0.6) is 0 Å². The average molecular weight is 260 g/mol. The highest BCUT2D eigenvalue weighted by atomic mass is 15.4. The summed E-state index contributed by atoms with van der Waals surface area (Å²) < 4.78 is 0. The molecule has 98 valence electrons. The molecular weight excluding hydrogens is 244 g/mol. The third kappa shape index (κ3) is 2.69. The van der Waals surface area contributed by atoms with Crippen molar-refractivity contribution < 1.29 is 0 Å². The zero-order chi connectivity index (χ0) is 13.8. The molecule has 2 heteroatoms. The highest BCUT2D eigenvalue weighted by molar-refractivity contribution is 5.90. The normalized spacial score (nSPS) is 11.1. The van der Waals surface area contributed by atoms with E-state index in [9.17, 15) is 0 Å². The van der Waals surface area contributed by atoms with E-state index < -0.39 is 0 Å². The number of hydrogen-bond acceptors (Lipinski definition) is 2. The van der Waals surface area contributed by atoms with Crippen molar-refractivity contribution in [1.82, 2.24) is 0 Å². The van der Waals surface area contributed by atoms with Gasteiger partial charge in [0.05, 0.1) is 11.9 Å². The molecule has 2 nitrogen and oxygen atoms in total. The molecule has 0 radical (unpaired) electrons. The first-order valence-corrected chi connectivity index (χ1v) is 6.64. The van der Waals surface area contributed by atoms with E-state index in [1.54, 1.807) is 0 Å². The van der Waals surface area contributed by atoms with Crippen LogP contribution in [0.25, 0.3) is 10.8 Å². The molecule has 3 aromatic rings. The Labute approximate surface area is 119 Å². The van der Waals surface area contributed by atoms with Crippen LogP contribution in [0.3, 0.4) is 0 Å². The second kappa shape index (κ2) is 5.57. The van der Waals surface area contributed by atoms with Gasteiger partial charge in [-0.15, -0.1) is 0 Å². The number of nitrogens with zero attached hydrogens (tertiary/aromatic N) is 2. The van der Waals surface area contributed by atoms with Gasteiger partial charge in [0, 0.05) is 7.05 Å². The average Bonchev–Trinajstić information content (AvgIpc) is 2.53. The zero-order valence-corrected chi connectivity index (χ0v) is 11.4. The Bertz CT molecular complexity index is 733. The number of hydrogen-bond donors (Lipinski definition) is 0. The first-order chi connectivity index (χ1) is 9.83. The molecule has 0 aliphatic heterocycles. The number of benzene rings is 3. The lowest BCUT2D eigenvalue weighted by atomic mass is 10.1. The lowest BCUT2D eigenvalue weighted by Crippen LogP contribution is -2.08. The van der Waals surface area contributed by atoms with Gasteiger partial charge >= 0.3 is 0 Å². The van der Waals surface area contributed by atoms with Crippen molar-refractivity contribution in [3.63, 3.8) is 0 Å². The van der Waals surface area contributed by atoms with Crippen LogP contribution in [-0.4, -0.2) is 13.3 Å². The lowest BCUT2D eigenvalue weighted by Gasteiger charge is -2.12.